The topological polar surface area (TPSA) is 33.5 Å². The van der Waals surface area contributed by atoms with Crippen LogP contribution in [0.1, 0.15) is 0 Å². The van der Waals surface area contributed by atoms with Gasteiger partial charge in [-0.2, -0.15) is 54.8 Å². The molecule has 7 heteroatoms. The Kier molecular flexibility index (Phi) is 11.6. The van der Waals surface area contributed by atoms with Crippen LogP contribution in [0, 0.1) is 49.5 Å². The maximum absolute atomic E-state index is 6.57. The predicted molar refractivity (Wildman–Crippen MR) is 146 cm³/mol. The molecule has 0 amide bonds. The van der Waals surface area contributed by atoms with Crippen LogP contribution in [-0.2, 0) is 41.5 Å². The van der Waals surface area contributed by atoms with E-state index < -0.39 is 0 Å². The molecule has 5 aromatic rings. The molecule has 5 nitrogen and oxygen atoms in total. The Labute approximate surface area is 264 Å². The molecule has 0 radical (unpaired) electrons. The molecule has 3 heterocycles. The number of pyridine rings is 1. The molecule has 206 valence electrons. The summed E-state index contributed by atoms with van der Waals surface area (Å²) in [7, 11) is 1.98. The fourth-order valence-corrected chi connectivity index (χ4v) is 3.59. The summed E-state index contributed by atoms with van der Waals surface area (Å²) >= 11 is 0. The van der Waals surface area contributed by atoms with Gasteiger partial charge >= 0.3 is 0 Å². The van der Waals surface area contributed by atoms with Gasteiger partial charge in [-0.05, 0) is 37.8 Å². The zero-order chi connectivity index (χ0) is 26.2. The van der Waals surface area contributed by atoms with Crippen molar-refractivity contribution in [2.45, 2.75) is 0 Å². The first-order valence-corrected chi connectivity index (χ1v) is 11.8. The molecule has 0 spiro atoms. The maximum Gasteiger partial charge on any atom is 0.0143 e. The van der Waals surface area contributed by atoms with Crippen LogP contribution in [0.4, 0.5) is 5.69 Å². The van der Waals surface area contributed by atoms with Crippen molar-refractivity contribution in [3.05, 3.63) is 147 Å². The van der Waals surface area contributed by atoms with Crippen LogP contribution in [-0.4, -0.2) is 21.5 Å². The van der Waals surface area contributed by atoms with Crippen molar-refractivity contribution >= 4 is 5.69 Å². The monoisotopic (exact) mass is 790 g/mol. The van der Waals surface area contributed by atoms with Gasteiger partial charge in [-0.3, -0.25) is 12.1 Å². The van der Waals surface area contributed by atoms with E-state index in [0.717, 1.165) is 16.8 Å². The van der Waals surface area contributed by atoms with E-state index in [0.29, 0.717) is 22.8 Å². The molecule has 0 saturated carbocycles. The van der Waals surface area contributed by atoms with Crippen molar-refractivity contribution in [2.24, 2.45) is 0 Å². The van der Waals surface area contributed by atoms with Crippen LogP contribution in [0.2, 0.25) is 0 Å². The first-order valence-electron chi connectivity index (χ1n) is 11.8. The number of hydrogen-bond acceptors (Lipinski definition) is 4. The van der Waals surface area contributed by atoms with Crippen molar-refractivity contribution < 1.29 is 46.2 Å². The SMILES string of the molecule is CN1C=CN(c2[c-]c(Oc3[c-]c(-c4[c-]c(-c5[c-]cccc5)ccn4)[c-]cc3)ccc2)[CH-]1.[C-]#Cn1cccc1.[Pd].[Pt]. The Morgan fingerprint density at radius 2 is 1.68 bits per heavy atom. The number of hydrogen-bond donors (Lipinski definition) is 0. The van der Waals surface area contributed by atoms with Gasteiger partial charge in [0.2, 0.25) is 0 Å². The minimum atomic E-state index is 0. The number of aromatic nitrogens is 2. The van der Waals surface area contributed by atoms with Gasteiger partial charge in [0.25, 0.3) is 0 Å². The molecule has 1 aliphatic heterocycles. The van der Waals surface area contributed by atoms with Crippen molar-refractivity contribution in [1.29, 1.82) is 0 Å². The number of benzene rings is 3. The minimum Gasteiger partial charge on any atom is -0.669 e. The fraction of sp³-hybridized carbons (Fsp3) is 0.0303. The largest absolute Gasteiger partial charge is 0.669 e. The molecular formula is C33H21N4OPdPt-7. The van der Waals surface area contributed by atoms with E-state index in [1.807, 2.05) is 103 Å². The van der Waals surface area contributed by atoms with Crippen LogP contribution in [0.3, 0.4) is 0 Å². The summed E-state index contributed by atoms with van der Waals surface area (Å²) in [5, 5.41) is 0. The first kappa shape index (κ1) is 30.7. The van der Waals surface area contributed by atoms with Crippen molar-refractivity contribution in [3.8, 4) is 39.9 Å². The molecule has 0 bridgehead atoms. The van der Waals surface area contributed by atoms with Crippen LogP contribution in [0.5, 0.6) is 11.5 Å². The second kappa shape index (κ2) is 15.1. The second-order valence-corrected chi connectivity index (χ2v) is 8.14. The molecule has 0 N–H and O–H groups in total. The summed E-state index contributed by atoms with van der Waals surface area (Å²) < 4.78 is 7.57. The normalized spacial score (nSPS) is 11.4. The van der Waals surface area contributed by atoms with E-state index in [4.69, 9.17) is 11.2 Å². The van der Waals surface area contributed by atoms with Gasteiger partial charge in [0.1, 0.15) is 0 Å². The molecule has 0 saturated heterocycles. The predicted octanol–water partition coefficient (Wildman–Crippen LogP) is 6.43. The van der Waals surface area contributed by atoms with Crippen LogP contribution >= 0.6 is 0 Å². The molecule has 6 rings (SSSR count). The quantitative estimate of drug-likeness (QED) is 0.117. The molecule has 1 aliphatic rings. The van der Waals surface area contributed by atoms with E-state index in [1.165, 1.54) is 0 Å². The molecule has 0 unspecified atom stereocenters. The van der Waals surface area contributed by atoms with Crippen molar-refractivity contribution in [2.75, 3.05) is 11.9 Å². The second-order valence-electron chi connectivity index (χ2n) is 8.14. The third-order valence-electron chi connectivity index (χ3n) is 5.40. The number of rotatable bonds is 5. The zero-order valence-electron chi connectivity index (χ0n) is 21.2. The molecule has 0 fully saturated rings. The van der Waals surface area contributed by atoms with Gasteiger partial charge in [0.05, 0.1) is 0 Å². The summed E-state index contributed by atoms with van der Waals surface area (Å²) in [5.74, 6) is 1.17. The van der Waals surface area contributed by atoms with Crippen LogP contribution in [0.15, 0.2) is 104 Å². The Balaban J connectivity index is 0.000000431. The van der Waals surface area contributed by atoms with Crippen molar-refractivity contribution in [3.63, 3.8) is 0 Å². The van der Waals surface area contributed by atoms with E-state index >= 15 is 0 Å². The Bertz CT molecular complexity index is 1570. The molecule has 0 atom stereocenters. The Morgan fingerprint density at radius 3 is 2.38 bits per heavy atom. The fourth-order valence-electron chi connectivity index (χ4n) is 3.59. The van der Waals surface area contributed by atoms with Gasteiger partial charge in [-0.15, -0.1) is 30.0 Å². The molecule has 2 aromatic heterocycles. The molecule has 40 heavy (non-hydrogen) atoms. The van der Waals surface area contributed by atoms with E-state index in [2.05, 4.69) is 41.4 Å². The summed E-state index contributed by atoms with van der Waals surface area (Å²) in [6.07, 6.45) is 15.8. The summed E-state index contributed by atoms with van der Waals surface area (Å²) in [4.78, 5) is 8.39. The van der Waals surface area contributed by atoms with E-state index in [-0.39, 0.29) is 41.5 Å². The Hall–Kier alpha value is -3.86. The van der Waals surface area contributed by atoms with Gasteiger partial charge in [0.15, 0.2) is 0 Å². The summed E-state index contributed by atoms with van der Waals surface area (Å²) in [6, 6.07) is 41.2. The molecule has 0 aliphatic carbocycles. The number of anilines is 1. The average Bonchev–Trinajstić information content (AvgIpc) is 3.66. The first-order chi connectivity index (χ1) is 18.7. The zero-order valence-corrected chi connectivity index (χ0v) is 25.0. The van der Waals surface area contributed by atoms with Gasteiger partial charge in [0, 0.05) is 59.6 Å². The smallest absolute Gasteiger partial charge is 0.0143 e. The average molecular weight is 791 g/mol. The number of nitrogens with zero attached hydrogens (tertiary/aromatic N) is 4. The van der Waals surface area contributed by atoms with Gasteiger partial charge in [-0.1, -0.05) is 5.75 Å². The number of ether oxygens (including phenoxy) is 1. The summed E-state index contributed by atoms with van der Waals surface area (Å²) in [6.45, 7) is 1.97. The molecule has 3 aromatic carbocycles. The standard InChI is InChI=1S/C27H17N3O.C6H4N.Pd.Pt/c1-29-15-16-30(20-29)24-10-6-12-26(19-24)31-25-11-5-9-23(17-25)27-18-22(13-14-28-27)21-7-3-2-4-8-21;1-2-7-5-3-4-6-7;;/h2-7,10-16,20H,1H3;3-6H;;/q-6;-1;;. The van der Waals surface area contributed by atoms with E-state index in [9.17, 15) is 0 Å². The van der Waals surface area contributed by atoms with Crippen LogP contribution < -0.4 is 9.64 Å². The maximum atomic E-state index is 6.57. The van der Waals surface area contributed by atoms with E-state index in [1.54, 1.807) is 29.2 Å². The Morgan fingerprint density at radius 1 is 0.850 bits per heavy atom. The third kappa shape index (κ3) is 8.08. The molecular weight excluding hydrogens is 770 g/mol. The third-order valence-corrected chi connectivity index (χ3v) is 5.40. The van der Waals surface area contributed by atoms with Gasteiger partial charge in [-0.25, -0.2) is 23.2 Å². The van der Waals surface area contributed by atoms with Crippen molar-refractivity contribution in [1.82, 2.24) is 14.5 Å². The minimum absolute atomic E-state index is 0. The summed E-state index contributed by atoms with van der Waals surface area (Å²) in [5.41, 5.74) is 4.10. The van der Waals surface area contributed by atoms with Crippen LogP contribution in [0.25, 0.3) is 22.4 Å². The van der Waals surface area contributed by atoms with Gasteiger partial charge < -0.3 is 42.1 Å².